The number of amides is 1. The van der Waals surface area contributed by atoms with Crippen LogP contribution in [0.15, 0.2) is 24.3 Å². The van der Waals surface area contributed by atoms with Gasteiger partial charge in [-0.15, -0.1) is 0 Å². The largest absolute Gasteiger partial charge is 0.472 e. The van der Waals surface area contributed by atoms with Gasteiger partial charge >= 0.3 is 7.82 Å². The summed E-state index contributed by atoms with van der Waals surface area (Å²) in [5.74, 6) is -0.180. The fraction of sp³-hybridized carbons (Fsp3) is 0.896. The monoisotopic (exact) mass is 828 g/mol. The van der Waals surface area contributed by atoms with E-state index < -0.39 is 20.0 Å². The second-order valence-electron chi connectivity index (χ2n) is 17.8. The van der Waals surface area contributed by atoms with E-state index in [1.807, 2.05) is 27.2 Å². The molecule has 0 aromatic rings. The van der Waals surface area contributed by atoms with Crippen LogP contribution in [0.5, 0.6) is 0 Å². The number of rotatable bonds is 44. The number of hydrogen-bond donors (Lipinski definition) is 3. The summed E-state index contributed by atoms with van der Waals surface area (Å²) < 4.78 is 23.6. The van der Waals surface area contributed by atoms with E-state index in [1.54, 1.807) is 6.08 Å². The van der Waals surface area contributed by atoms with Crippen molar-refractivity contribution in [1.82, 2.24) is 5.32 Å². The minimum Gasteiger partial charge on any atom is -0.387 e. The molecule has 338 valence electrons. The number of phosphoric acid groups is 1. The van der Waals surface area contributed by atoms with Crippen LogP contribution in [0.1, 0.15) is 226 Å². The van der Waals surface area contributed by atoms with Gasteiger partial charge in [-0.1, -0.05) is 199 Å². The highest BCUT2D eigenvalue weighted by Crippen LogP contribution is 2.43. The van der Waals surface area contributed by atoms with Gasteiger partial charge in [0.15, 0.2) is 0 Å². The molecule has 9 heteroatoms. The predicted molar refractivity (Wildman–Crippen MR) is 245 cm³/mol. The molecule has 0 saturated carbocycles. The van der Waals surface area contributed by atoms with Gasteiger partial charge in [0, 0.05) is 6.42 Å². The van der Waals surface area contributed by atoms with E-state index >= 15 is 0 Å². The second-order valence-corrected chi connectivity index (χ2v) is 19.3. The molecule has 0 rings (SSSR count). The van der Waals surface area contributed by atoms with E-state index in [4.69, 9.17) is 9.05 Å². The zero-order valence-electron chi connectivity index (χ0n) is 38.3. The fourth-order valence-corrected chi connectivity index (χ4v) is 7.77. The molecule has 3 unspecified atom stereocenters. The van der Waals surface area contributed by atoms with E-state index in [2.05, 4.69) is 31.3 Å². The number of unbranched alkanes of at least 4 members (excludes halogenated alkanes) is 29. The summed E-state index contributed by atoms with van der Waals surface area (Å²) in [6.45, 7) is 4.82. The van der Waals surface area contributed by atoms with E-state index in [1.165, 1.54) is 167 Å². The van der Waals surface area contributed by atoms with Crippen LogP contribution in [-0.4, -0.2) is 73.4 Å². The molecule has 0 bridgehead atoms. The zero-order valence-corrected chi connectivity index (χ0v) is 39.2. The molecule has 0 heterocycles. The van der Waals surface area contributed by atoms with Crippen molar-refractivity contribution in [2.45, 2.75) is 238 Å². The smallest absolute Gasteiger partial charge is 0.387 e. The van der Waals surface area contributed by atoms with Crippen LogP contribution in [-0.2, 0) is 18.4 Å². The number of allylic oxidation sites excluding steroid dienone is 3. The van der Waals surface area contributed by atoms with Gasteiger partial charge in [-0.3, -0.25) is 13.8 Å². The Kier molecular flexibility index (Phi) is 39.7. The zero-order chi connectivity index (χ0) is 42.1. The molecule has 0 aromatic carbocycles. The lowest BCUT2D eigenvalue weighted by Gasteiger charge is -2.25. The third-order valence-corrected chi connectivity index (χ3v) is 11.9. The van der Waals surface area contributed by atoms with Crippen molar-refractivity contribution >= 4 is 13.7 Å². The van der Waals surface area contributed by atoms with Gasteiger partial charge in [0.2, 0.25) is 5.91 Å². The summed E-state index contributed by atoms with van der Waals surface area (Å²) in [6.07, 6.45) is 48.1. The first-order valence-electron chi connectivity index (χ1n) is 24.2. The first-order valence-corrected chi connectivity index (χ1v) is 25.7. The normalized spacial score (nSPS) is 14.4. The first-order chi connectivity index (χ1) is 27.5. The minimum absolute atomic E-state index is 0.0619. The summed E-state index contributed by atoms with van der Waals surface area (Å²) >= 11 is 0. The van der Waals surface area contributed by atoms with Gasteiger partial charge in [-0.05, 0) is 44.9 Å². The number of quaternary nitrogens is 1. The van der Waals surface area contributed by atoms with Crippen molar-refractivity contribution in [2.24, 2.45) is 0 Å². The summed E-state index contributed by atoms with van der Waals surface area (Å²) in [5, 5.41) is 13.9. The lowest BCUT2D eigenvalue weighted by atomic mass is 10.0. The number of nitrogens with zero attached hydrogens (tertiary/aromatic N) is 1. The van der Waals surface area contributed by atoms with Crippen LogP contribution in [0.25, 0.3) is 0 Å². The van der Waals surface area contributed by atoms with Crippen molar-refractivity contribution in [2.75, 3.05) is 40.9 Å². The fourth-order valence-electron chi connectivity index (χ4n) is 7.04. The summed E-state index contributed by atoms with van der Waals surface area (Å²) in [7, 11) is 1.57. The van der Waals surface area contributed by atoms with Crippen LogP contribution in [0.2, 0.25) is 0 Å². The highest BCUT2D eigenvalue weighted by Gasteiger charge is 2.27. The minimum atomic E-state index is -4.34. The maximum Gasteiger partial charge on any atom is 0.472 e. The molecule has 0 saturated heterocycles. The Labute approximate surface area is 354 Å². The SMILES string of the molecule is CCCCCCCCCC/C=C\CCCCCCCCCC(=O)NC(COP(=O)(O)OCC[N+](C)(C)C)C(O)/C=C/CCCCCCCCCCCCCCCC. The van der Waals surface area contributed by atoms with Crippen LogP contribution in [0.4, 0.5) is 0 Å². The van der Waals surface area contributed by atoms with Gasteiger partial charge in [0.1, 0.15) is 13.2 Å². The number of aliphatic hydroxyl groups is 1. The Morgan fingerprint density at radius 3 is 1.35 bits per heavy atom. The summed E-state index contributed by atoms with van der Waals surface area (Å²) in [4.78, 5) is 23.2. The number of hydrogen-bond acceptors (Lipinski definition) is 5. The number of carbonyl (C=O) groups excluding carboxylic acids is 1. The van der Waals surface area contributed by atoms with Crippen LogP contribution < -0.4 is 5.32 Å². The van der Waals surface area contributed by atoms with Crippen molar-refractivity contribution < 1.29 is 32.9 Å². The first kappa shape index (κ1) is 56.0. The molecule has 0 aliphatic heterocycles. The number of carbonyl (C=O) groups is 1. The predicted octanol–water partition coefficient (Wildman–Crippen LogP) is 13.7. The molecule has 8 nitrogen and oxygen atoms in total. The molecule has 57 heavy (non-hydrogen) atoms. The maximum absolute atomic E-state index is 12.9. The van der Waals surface area contributed by atoms with Gasteiger partial charge in [-0.25, -0.2) is 4.57 Å². The van der Waals surface area contributed by atoms with Crippen molar-refractivity contribution in [3.05, 3.63) is 24.3 Å². The number of likely N-dealkylation sites (N-methyl/N-ethyl adjacent to an activating group) is 1. The quantitative estimate of drug-likeness (QED) is 0.0244. The van der Waals surface area contributed by atoms with Gasteiger partial charge in [0.05, 0.1) is 39.9 Å². The molecule has 0 spiro atoms. The van der Waals surface area contributed by atoms with E-state index in [0.717, 1.165) is 38.5 Å². The third-order valence-electron chi connectivity index (χ3n) is 10.9. The van der Waals surface area contributed by atoms with Crippen molar-refractivity contribution in [3.8, 4) is 0 Å². The van der Waals surface area contributed by atoms with Gasteiger partial charge in [-0.2, -0.15) is 0 Å². The molecular formula is C48H96N2O6P+. The van der Waals surface area contributed by atoms with E-state index in [9.17, 15) is 19.4 Å². The molecule has 0 fully saturated rings. The molecule has 1 amide bonds. The lowest BCUT2D eigenvalue weighted by molar-refractivity contribution is -0.870. The van der Waals surface area contributed by atoms with Gasteiger partial charge in [0.25, 0.3) is 0 Å². The van der Waals surface area contributed by atoms with Crippen molar-refractivity contribution in [3.63, 3.8) is 0 Å². The van der Waals surface area contributed by atoms with Crippen molar-refractivity contribution in [1.29, 1.82) is 0 Å². The van der Waals surface area contributed by atoms with Crippen LogP contribution in [0, 0.1) is 0 Å². The average molecular weight is 828 g/mol. The third kappa shape index (κ3) is 42.9. The molecule has 0 aliphatic carbocycles. The topological polar surface area (TPSA) is 105 Å². The number of phosphoric ester groups is 1. The van der Waals surface area contributed by atoms with Gasteiger partial charge < -0.3 is 19.8 Å². The Bertz CT molecular complexity index is 984. The molecule has 3 atom stereocenters. The molecule has 0 aliphatic rings. The Morgan fingerprint density at radius 1 is 0.579 bits per heavy atom. The summed E-state index contributed by atoms with van der Waals surface area (Å²) in [6, 6.07) is -0.845. The average Bonchev–Trinajstić information content (AvgIpc) is 3.16. The van der Waals surface area contributed by atoms with E-state index in [-0.39, 0.29) is 19.1 Å². The van der Waals surface area contributed by atoms with Crippen LogP contribution in [0.3, 0.4) is 0 Å². The van der Waals surface area contributed by atoms with Crippen LogP contribution >= 0.6 is 7.82 Å². The maximum atomic E-state index is 12.9. The molecule has 0 aromatic heterocycles. The highest BCUT2D eigenvalue weighted by atomic mass is 31.2. The Hall–Kier alpha value is -1.02. The van der Waals surface area contributed by atoms with E-state index in [0.29, 0.717) is 17.4 Å². The standard InChI is InChI=1S/C48H95N2O6P/c1-6-8-10-12-14-16-18-20-22-24-25-26-28-30-32-34-36-38-40-42-48(52)49-46(45-56-57(53,54)55-44-43-50(3,4)5)47(51)41-39-37-35-33-31-29-27-23-21-19-17-15-13-11-9-7-2/h24-25,39,41,46-47,51H,6-23,26-38,40,42-45H2,1-5H3,(H-,49,52,53,54)/p+1/b25-24-,41-39+. The summed E-state index contributed by atoms with van der Waals surface area (Å²) in [5.41, 5.74) is 0. The Morgan fingerprint density at radius 2 is 0.947 bits per heavy atom. The Balaban J connectivity index is 4.36. The number of nitrogens with one attached hydrogen (secondary N) is 1. The highest BCUT2D eigenvalue weighted by molar-refractivity contribution is 7.47. The lowest BCUT2D eigenvalue weighted by Crippen LogP contribution is -2.45. The molecule has 3 N–H and O–H groups in total. The second kappa shape index (κ2) is 40.4. The molecular weight excluding hydrogens is 732 g/mol. The number of aliphatic hydroxyl groups excluding tert-OH is 1. The molecule has 0 radical (unpaired) electrons.